The number of nitrogens with zero attached hydrogens (tertiary/aromatic N) is 1. The van der Waals surface area contributed by atoms with Crippen molar-refractivity contribution in [3.63, 3.8) is 0 Å². The van der Waals surface area contributed by atoms with Crippen molar-refractivity contribution in [3.8, 4) is 6.07 Å². The van der Waals surface area contributed by atoms with Crippen molar-refractivity contribution in [2.75, 3.05) is 11.1 Å². The summed E-state index contributed by atoms with van der Waals surface area (Å²) in [6.45, 7) is 4.30. The van der Waals surface area contributed by atoms with Crippen molar-refractivity contribution in [1.82, 2.24) is 0 Å². The van der Waals surface area contributed by atoms with Gasteiger partial charge in [0.05, 0.1) is 23.0 Å². The Morgan fingerprint density at radius 3 is 2.53 bits per heavy atom. The average Bonchev–Trinajstić information content (AvgIpc) is 2.41. The predicted octanol–water partition coefficient (Wildman–Crippen LogP) is 4.01. The van der Waals surface area contributed by atoms with E-state index in [4.69, 9.17) is 11.0 Å². The van der Waals surface area contributed by atoms with E-state index in [2.05, 4.69) is 31.3 Å². The number of anilines is 3. The SMILES string of the molecule is CC(C)c1ccccc1Nc1cc(C#N)ccc1N. The van der Waals surface area contributed by atoms with Crippen LogP contribution in [0, 0.1) is 11.3 Å². The average molecular weight is 251 g/mol. The second-order valence-corrected chi connectivity index (χ2v) is 4.78. The highest BCUT2D eigenvalue weighted by molar-refractivity contribution is 5.75. The zero-order valence-electron chi connectivity index (χ0n) is 11.1. The lowest BCUT2D eigenvalue weighted by molar-refractivity contribution is 0.869. The minimum Gasteiger partial charge on any atom is -0.397 e. The minimum atomic E-state index is 0.420. The number of nitrogen functional groups attached to an aromatic ring is 1. The summed E-state index contributed by atoms with van der Waals surface area (Å²) in [5, 5.41) is 12.3. The van der Waals surface area contributed by atoms with E-state index in [0.717, 1.165) is 11.4 Å². The minimum absolute atomic E-state index is 0.420. The topological polar surface area (TPSA) is 61.8 Å². The highest BCUT2D eigenvalue weighted by atomic mass is 14.9. The van der Waals surface area contributed by atoms with E-state index in [0.29, 0.717) is 17.2 Å². The molecule has 0 aliphatic rings. The summed E-state index contributed by atoms with van der Waals surface area (Å²) in [6, 6.07) is 15.5. The van der Waals surface area contributed by atoms with E-state index in [1.807, 2.05) is 18.2 Å². The van der Waals surface area contributed by atoms with Crippen molar-refractivity contribution >= 4 is 17.1 Å². The maximum Gasteiger partial charge on any atom is 0.0992 e. The molecule has 0 heterocycles. The molecule has 0 aliphatic heterocycles. The number of nitrogens with two attached hydrogens (primary N) is 1. The molecule has 96 valence electrons. The molecule has 0 unspecified atom stereocenters. The molecule has 0 fully saturated rings. The van der Waals surface area contributed by atoms with E-state index < -0.39 is 0 Å². The van der Waals surface area contributed by atoms with Gasteiger partial charge in [-0.15, -0.1) is 0 Å². The highest BCUT2D eigenvalue weighted by Crippen LogP contribution is 2.29. The van der Waals surface area contributed by atoms with Crippen LogP contribution in [-0.4, -0.2) is 0 Å². The zero-order chi connectivity index (χ0) is 13.8. The predicted molar refractivity (Wildman–Crippen MR) is 79.4 cm³/mol. The lowest BCUT2D eigenvalue weighted by Crippen LogP contribution is -2.00. The molecule has 0 aliphatic carbocycles. The molecule has 2 aromatic carbocycles. The van der Waals surface area contributed by atoms with Crippen LogP contribution in [0.15, 0.2) is 42.5 Å². The van der Waals surface area contributed by atoms with Gasteiger partial charge in [0, 0.05) is 5.69 Å². The number of benzene rings is 2. The monoisotopic (exact) mass is 251 g/mol. The third-order valence-corrected chi connectivity index (χ3v) is 3.03. The summed E-state index contributed by atoms with van der Waals surface area (Å²) in [7, 11) is 0. The first-order valence-corrected chi connectivity index (χ1v) is 6.27. The van der Waals surface area contributed by atoms with E-state index in [9.17, 15) is 0 Å². The van der Waals surface area contributed by atoms with Gasteiger partial charge in [-0.05, 0) is 35.7 Å². The number of hydrogen-bond acceptors (Lipinski definition) is 3. The lowest BCUT2D eigenvalue weighted by atomic mass is 10.0. The third kappa shape index (κ3) is 2.86. The van der Waals surface area contributed by atoms with Crippen LogP contribution in [0.1, 0.15) is 30.9 Å². The Hall–Kier alpha value is -2.47. The Kier molecular flexibility index (Phi) is 3.72. The molecule has 0 radical (unpaired) electrons. The van der Waals surface area contributed by atoms with Gasteiger partial charge in [-0.3, -0.25) is 0 Å². The van der Waals surface area contributed by atoms with Gasteiger partial charge in [0.2, 0.25) is 0 Å². The molecule has 0 saturated carbocycles. The number of rotatable bonds is 3. The Morgan fingerprint density at radius 1 is 1.11 bits per heavy atom. The molecule has 3 heteroatoms. The number of nitrogens with one attached hydrogen (secondary N) is 1. The van der Waals surface area contributed by atoms with Crippen molar-refractivity contribution in [2.24, 2.45) is 0 Å². The number of para-hydroxylation sites is 1. The molecule has 3 N–H and O–H groups in total. The molecule has 2 aromatic rings. The smallest absolute Gasteiger partial charge is 0.0992 e. The normalized spacial score (nSPS) is 10.2. The van der Waals surface area contributed by atoms with Crippen LogP contribution in [0.3, 0.4) is 0 Å². The van der Waals surface area contributed by atoms with Crippen LogP contribution < -0.4 is 11.1 Å². The van der Waals surface area contributed by atoms with Crippen LogP contribution in [-0.2, 0) is 0 Å². The fraction of sp³-hybridized carbons (Fsp3) is 0.188. The summed E-state index contributed by atoms with van der Waals surface area (Å²) >= 11 is 0. The third-order valence-electron chi connectivity index (χ3n) is 3.03. The van der Waals surface area contributed by atoms with Gasteiger partial charge in [-0.2, -0.15) is 5.26 Å². The largest absolute Gasteiger partial charge is 0.397 e. The van der Waals surface area contributed by atoms with Crippen molar-refractivity contribution in [1.29, 1.82) is 5.26 Å². The first kappa shape index (κ1) is 13.0. The quantitative estimate of drug-likeness (QED) is 0.810. The summed E-state index contributed by atoms with van der Waals surface area (Å²) in [5.41, 5.74) is 10.2. The van der Waals surface area contributed by atoms with Gasteiger partial charge in [-0.25, -0.2) is 0 Å². The van der Waals surface area contributed by atoms with Crippen molar-refractivity contribution < 1.29 is 0 Å². The molecule has 0 atom stereocenters. The molecule has 19 heavy (non-hydrogen) atoms. The van der Waals surface area contributed by atoms with Crippen molar-refractivity contribution in [3.05, 3.63) is 53.6 Å². The lowest BCUT2D eigenvalue weighted by Gasteiger charge is -2.16. The Balaban J connectivity index is 2.39. The number of hydrogen-bond donors (Lipinski definition) is 2. The van der Waals surface area contributed by atoms with Crippen LogP contribution in [0.4, 0.5) is 17.1 Å². The van der Waals surface area contributed by atoms with Crippen LogP contribution in [0.5, 0.6) is 0 Å². The van der Waals surface area contributed by atoms with E-state index in [-0.39, 0.29) is 0 Å². The highest BCUT2D eigenvalue weighted by Gasteiger charge is 2.08. The fourth-order valence-corrected chi connectivity index (χ4v) is 1.99. The molecular weight excluding hydrogens is 234 g/mol. The van der Waals surface area contributed by atoms with Gasteiger partial charge in [0.15, 0.2) is 0 Å². The Bertz CT molecular complexity index is 624. The first-order chi connectivity index (χ1) is 9.11. The maximum atomic E-state index is 8.94. The van der Waals surface area contributed by atoms with Gasteiger partial charge in [-0.1, -0.05) is 32.0 Å². The Morgan fingerprint density at radius 2 is 1.84 bits per heavy atom. The van der Waals surface area contributed by atoms with E-state index >= 15 is 0 Å². The molecule has 0 spiro atoms. The summed E-state index contributed by atoms with van der Waals surface area (Å²) in [6.07, 6.45) is 0. The summed E-state index contributed by atoms with van der Waals surface area (Å²) in [5.74, 6) is 0.420. The van der Waals surface area contributed by atoms with Gasteiger partial charge in [0.25, 0.3) is 0 Å². The molecule has 0 bridgehead atoms. The molecule has 0 aromatic heterocycles. The molecule has 2 rings (SSSR count). The zero-order valence-corrected chi connectivity index (χ0v) is 11.1. The standard InChI is InChI=1S/C16H17N3/c1-11(2)13-5-3-4-6-15(13)19-16-9-12(10-17)7-8-14(16)18/h3-9,11,19H,18H2,1-2H3. The van der Waals surface area contributed by atoms with E-state index in [1.54, 1.807) is 18.2 Å². The van der Waals surface area contributed by atoms with Crippen LogP contribution >= 0.6 is 0 Å². The van der Waals surface area contributed by atoms with Crippen LogP contribution in [0.2, 0.25) is 0 Å². The number of nitriles is 1. The summed E-state index contributed by atoms with van der Waals surface area (Å²) < 4.78 is 0. The second-order valence-electron chi connectivity index (χ2n) is 4.78. The Labute approximate surface area is 113 Å². The molecular formula is C16H17N3. The molecule has 0 amide bonds. The first-order valence-electron chi connectivity index (χ1n) is 6.27. The van der Waals surface area contributed by atoms with E-state index in [1.165, 1.54) is 5.56 Å². The fourth-order valence-electron chi connectivity index (χ4n) is 1.99. The van der Waals surface area contributed by atoms with Gasteiger partial charge < -0.3 is 11.1 Å². The van der Waals surface area contributed by atoms with Gasteiger partial charge >= 0.3 is 0 Å². The molecule has 0 saturated heterocycles. The van der Waals surface area contributed by atoms with Crippen molar-refractivity contribution in [2.45, 2.75) is 19.8 Å². The summed E-state index contributed by atoms with van der Waals surface area (Å²) in [4.78, 5) is 0. The van der Waals surface area contributed by atoms with Gasteiger partial charge in [0.1, 0.15) is 0 Å². The maximum absolute atomic E-state index is 8.94. The second kappa shape index (κ2) is 5.45. The molecule has 3 nitrogen and oxygen atoms in total. The van der Waals surface area contributed by atoms with Crippen LogP contribution in [0.25, 0.3) is 0 Å².